The maximum Gasteiger partial charge on any atom is 0.416 e. The molecule has 0 radical (unpaired) electrons. The second-order valence-electron chi connectivity index (χ2n) is 4.33. The predicted molar refractivity (Wildman–Crippen MR) is 65.5 cm³/mol. The molecule has 0 unspecified atom stereocenters. The van der Waals surface area contributed by atoms with Crippen LogP contribution < -0.4 is 5.73 Å². The van der Waals surface area contributed by atoms with Crippen molar-refractivity contribution in [3.63, 3.8) is 0 Å². The minimum absolute atomic E-state index is 0.313. The molecule has 0 spiro atoms. The fourth-order valence-corrected chi connectivity index (χ4v) is 1.84. The summed E-state index contributed by atoms with van der Waals surface area (Å²) in [5.41, 5.74) is 7.31. The third-order valence-electron chi connectivity index (χ3n) is 2.88. The first-order valence-electron chi connectivity index (χ1n) is 5.80. The molecule has 0 atom stereocenters. The van der Waals surface area contributed by atoms with Gasteiger partial charge >= 0.3 is 6.18 Å². The molecule has 1 aromatic carbocycles. The van der Waals surface area contributed by atoms with Crippen LogP contribution in [0.1, 0.15) is 28.3 Å². The monoisotopic (exact) mass is 269 g/mol. The number of alkyl halides is 3. The van der Waals surface area contributed by atoms with Crippen LogP contribution in [0.2, 0.25) is 0 Å². The van der Waals surface area contributed by atoms with Crippen LogP contribution in [0.3, 0.4) is 0 Å². The van der Waals surface area contributed by atoms with Crippen LogP contribution in [-0.4, -0.2) is 9.97 Å². The van der Waals surface area contributed by atoms with Crippen LogP contribution in [0.15, 0.2) is 24.3 Å². The molecule has 1 heterocycles. The zero-order valence-corrected chi connectivity index (χ0v) is 10.4. The van der Waals surface area contributed by atoms with E-state index in [1.165, 1.54) is 12.1 Å². The molecular formula is C13H14F3N3. The minimum Gasteiger partial charge on any atom is -0.345 e. The standard InChI is InChI=1S/C13H14F3N3/c1-8-11(19-12(7-17)18-8)6-9-2-4-10(5-3-9)13(14,15)16/h2-5H,6-7,17H2,1H3,(H,18,19). The topological polar surface area (TPSA) is 54.7 Å². The molecule has 2 rings (SSSR count). The molecule has 0 saturated carbocycles. The van der Waals surface area contributed by atoms with Gasteiger partial charge in [-0.05, 0) is 24.6 Å². The molecule has 1 aromatic heterocycles. The van der Waals surface area contributed by atoms with Crippen LogP contribution in [0, 0.1) is 6.92 Å². The number of aromatic nitrogens is 2. The summed E-state index contributed by atoms with van der Waals surface area (Å²) in [4.78, 5) is 7.33. The predicted octanol–water partition coefficient (Wildman–Crippen LogP) is 2.79. The third-order valence-corrected chi connectivity index (χ3v) is 2.88. The molecule has 0 aliphatic rings. The van der Waals surface area contributed by atoms with Crippen molar-refractivity contribution >= 4 is 0 Å². The van der Waals surface area contributed by atoms with E-state index in [1.54, 1.807) is 0 Å². The summed E-state index contributed by atoms with van der Waals surface area (Å²) >= 11 is 0. The number of imidazole rings is 1. The molecule has 0 saturated heterocycles. The Labute approximate surface area is 108 Å². The van der Waals surface area contributed by atoms with E-state index in [2.05, 4.69) is 9.97 Å². The minimum atomic E-state index is -4.30. The van der Waals surface area contributed by atoms with E-state index in [9.17, 15) is 13.2 Å². The van der Waals surface area contributed by atoms with Gasteiger partial charge in [0, 0.05) is 12.1 Å². The van der Waals surface area contributed by atoms with Gasteiger partial charge in [0.1, 0.15) is 5.82 Å². The summed E-state index contributed by atoms with van der Waals surface area (Å²) in [6.07, 6.45) is -3.81. The molecule has 0 fully saturated rings. The quantitative estimate of drug-likeness (QED) is 0.900. The second-order valence-corrected chi connectivity index (χ2v) is 4.33. The second kappa shape index (κ2) is 5.05. The molecule has 0 aliphatic heterocycles. The normalized spacial score (nSPS) is 11.8. The Morgan fingerprint density at radius 2 is 1.84 bits per heavy atom. The first-order valence-corrected chi connectivity index (χ1v) is 5.80. The van der Waals surface area contributed by atoms with Crippen molar-refractivity contribution in [2.75, 3.05) is 0 Å². The van der Waals surface area contributed by atoms with Crippen molar-refractivity contribution in [1.82, 2.24) is 9.97 Å². The van der Waals surface area contributed by atoms with Crippen LogP contribution in [-0.2, 0) is 19.1 Å². The lowest BCUT2D eigenvalue weighted by molar-refractivity contribution is -0.137. The number of H-pyrrole nitrogens is 1. The van der Waals surface area contributed by atoms with Crippen molar-refractivity contribution in [2.24, 2.45) is 5.73 Å². The van der Waals surface area contributed by atoms with E-state index in [1.807, 2.05) is 6.92 Å². The number of rotatable bonds is 3. The Balaban J connectivity index is 2.17. The number of benzene rings is 1. The number of nitrogens with zero attached hydrogens (tertiary/aromatic N) is 1. The van der Waals surface area contributed by atoms with Crippen LogP contribution in [0.25, 0.3) is 0 Å². The molecule has 6 heteroatoms. The number of halogens is 3. The van der Waals surface area contributed by atoms with Crippen LogP contribution >= 0.6 is 0 Å². The van der Waals surface area contributed by atoms with Gasteiger partial charge < -0.3 is 10.7 Å². The number of nitrogens with one attached hydrogen (secondary N) is 1. The Hall–Kier alpha value is -1.82. The lowest BCUT2D eigenvalue weighted by Gasteiger charge is -2.07. The van der Waals surface area contributed by atoms with Crippen molar-refractivity contribution in [2.45, 2.75) is 26.1 Å². The van der Waals surface area contributed by atoms with Crippen LogP contribution in [0.4, 0.5) is 13.2 Å². The van der Waals surface area contributed by atoms with Gasteiger partial charge in [-0.15, -0.1) is 0 Å². The summed E-state index contributed by atoms with van der Waals surface area (Å²) in [6, 6.07) is 5.11. The Morgan fingerprint density at radius 1 is 1.21 bits per heavy atom. The third kappa shape index (κ3) is 3.14. The fraction of sp³-hybridized carbons (Fsp3) is 0.308. The van der Waals surface area contributed by atoms with Gasteiger partial charge in [-0.3, -0.25) is 0 Å². The van der Waals surface area contributed by atoms with E-state index < -0.39 is 11.7 Å². The van der Waals surface area contributed by atoms with Crippen molar-refractivity contribution in [3.05, 3.63) is 52.6 Å². The number of nitrogens with two attached hydrogens (primary N) is 1. The number of aromatic amines is 1. The molecular weight excluding hydrogens is 255 g/mol. The summed E-state index contributed by atoms with van der Waals surface area (Å²) in [6.45, 7) is 2.18. The Morgan fingerprint density at radius 3 is 2.32 bits per heavy atom. The zero-order valence-electron chi connectivity index (χ0n) is 10.4. The van der Waals surface area contributed by atoms with E-state index in [4.69, 9.17) is 5.73 Å². The number of hydrogen-bond acceptors (Lipinski definition) is 2. The van der Waals surface area contributed by atoms with Crippen LogP contribution in [0.5, 0.6) is 0 Å². The Bertz CT molecular complexity index is 556. The molecule has 19 heavy (non-hydrogen) atoms. The lowest BCUT2D eigenvalue weighted by atomic mass is 10.1. The van der Waals surface area contributed by atoms with Gasteiger partial charge in [0.05, 0.1) is 17.8 Å². The molecule has 3 nitrogen and oxygen atoms in total. The van der Waals surface area contributed by atoms with Crippen molar-refractivity contribution in [3.8, 4) is 0 Å². The zero-order chi connectivity index (χ0) is 14.0. The summed E-state index contributed by atoms with van der Waals surface area (Å²) in [7, 11) is 0. The highest BCUT2D eigenvalue weighted by molar-refractivity contribution is 5.29. The summed E-state index contributed by atoms with van der Waals surface area (Å²) < 4.78 is 37.3. The molecule has 0 amide bonds. The highest BCUT2D eigenvalue weighted by atomic mass is 19.4. The molecule has 3 N–H and O–H groups in total. The van der Waals surface area contributed by atoms with E-state index in [0.29, 0.717) is 18.8 Å². The van der Waals surface area contributed by atoms with Gasteiger partial charge in [-0.1, -0.05) is 12.1 Å². The van der Waals surface area contributed by atoms with Crippen molar-refractivity contribution < 1.29 is 13.2 Å². The Kier molecular flexibility index (Phi) is 3.61. The van der Waals surface area contributed by atoms with Crippen molar-refractivity contribution in [1.29, 1.82) is 0 Å². The highest BCUT2D eigenvalue weighted by Gasteiger charge is 2.29. The number of aryl methyl sites for hydroxylation is 1. The van der Waals surface area contributed by atoms with Gasteiger partial charge in [-0.2, -0.15) is 13.2 Å². The number of hydrogen-bond donors (Lipinski definition) is 2. The first-order chi connectivity index (χ1) is 8.90. The van der Waals surface area contributed by atoms with Gasteiger partial charge in [0.15, 0.2) is 0 Å². The molecule has 102 valence electrons. The lowest BCUT2D eigenvalue weighted by Crippen LogP contribution is -2.04. The maximum atomic E-state index is 12.4. The van der Waals surface area contributed by atoms with Gasteiger partial charge in [0.25, 0.3) is 0 Å². The summed E-state index contributed by atoms with van der Waals surface area (Å²) in [5, 5.41) is 0. The maximum absolute atomic E-state index is 12.4. The average Bonchev–Trinajstić information content (AvgIpc) is 2.70. The fourth-order valence-electron chi connectivity index (χ4n) is 1.84. The molecule has 2 aromatic rings. The highest BCUT2D eigenvalue weighted by Crippen LogP contribution is 2.29. The first kappa shape index (κ1) is 13.6. The largest absolute Gasteiger partial charge is 0.416 e. The van der Waals surface area contributed by atoms with E-state index in [0.717, 1.165) is 29.1 Å². The molecule has 0 bridgehead atoms. The van der Waals surface area contributed by atoms with Gasteiger partial charge in [-0.25, -0.2) is 4.98 Å². The average molecular weight is 269 g/mol. The van der Waals surface area contributed by atoms with E-state index >= 15 is 0 Å². The molecule has 0 aliphatic carbocycles. The van der Waals surface area contributed by atoms with E-state index in [-0.39, 0.29) is 0 Å². The van der Waals surface area contributed by atoms with Gasteiger partial charge in [0.2, 0.25) is 0 Å². The SMILES string of the molecule is Cc1[nH]c(CN)nc1Cc1ccc(C(F)(F)F)cc1. The smallest absolute Gasteiger partial charge is 0.345 e. The summed E-state index contributed by atoms with van der Waals surface area (Å²) in [5.74, 6) is 0.680.